The van der Waals surface area contributed by atoms with Crippen LogP contribution in [0.25, 0.3) is 0 Å². The molecular weight excluding hydrogens is 271 g/mol. The number of hydrogen-bond donors (Lipinski definition) is 0. The zero-order valence-corrected chi connectivity index (χ0v) is 11.1. The molecule has 15 heavy (non-hydrogen) atoms. The van der Waals surface area contributed by atoms with Gasteiger partial charge >= 0.3 is 0 Å². The van der Waals surface area contributed by atoms with Crippen LogP contribution in [0.2, 0.25) is 10.0 Å². The van der Waals surface area contributed by atoms with Gasteiger partial charge in [0.15, 0.2) is 5.78 Å². The number of hydrogen-bond acceptors (Lipinski definition) is 3. The monoisotopic (exact) mass is 278 g/mol. The van der Waals surface area contributed by atoms with Gasteiger partial charge in [-0.1, -0.05) is 35.4 Å². The fraction of sp³-hybridized carbons (Fsp3) is 0.200. The average molecular weight is 279 g/mol. The van der Waals surface area contributed by atoms with E-state index in [0.717, 1.165) is 0 Å². The minimum absolute atomic E-state index is 0.0955. The van der Waals surface area contributed by atoms with Crippen molar-refractivity contribution in [3.05, 3.63) is 33.8 Å². The summed E-state index contributed by atoms with van der Waals surface area (Å²) in [5.74, 6) is -0.0955. The molecular formula is C10H8Cl2OS2. The average Bonchev–Trinajstić information content (AvgIpc) is 2.21. The second-order valence-corrected chi connectivity index (χ2v) is 5.30. The Balaban J connectivity index is 2.91. The zero-order chi connectivity index (χ0) is 11.4. The molecule has 5 heteroatoms. The molecule has 0 heterocycles. The lowest BCUT2D eigenvalue weighted by Crippen LogP contribution is -2.04. The maximum absolute atomic E-state index is 11.7. The van der Waals surface area contributed by atoms with Gasteiger partial charge in [-0.3, -0.25) is 4.79 Å². The van der Waals surface area contributed by atoms with Crippen molar-refractivity contribution >= 4 is 57.2 Å². The molecule has 0 aliphatic carbocycles. The summed E-state index contributed by atoms with van der Waals surface area (Å²) in [7, 11) is 0. The number of thiocarbonyl (C=S) groups is 1. The van der Waals surface area contributed by atoms with Crippen molar-refractivity contribution in [2.45, 2.75) is 6.42 Å². The first-order valence-electron chi connectivity index (χ1n) is 4.09. The van der Waals surface area contributed by atoms with E-state index in [1.165, 1.54) is 11.8 Å². The Hall–Kier alpha value is -0.0900. The number of rotatable bonds is 3. The molecule has 1 aromatic carbocycles. The highest BCUT2D eigenvalue weighted by Gasteiger charge is 2.12. The quantitative estimate of drug-likeness (QED) is 0.608. The summed E-state index contributed by atoms with van der Waals surface area (Å²) in [6.45, 7) is 0. The van der Waals surface area contributed by atoms with Crippen molar-refractivity contribution in [3.63, 3.8) is 0 Å². The molecule has 0 saturated heterocycles. The van der Waals surface area contributed by atoms with E-state index in [2.05, 4.69) is 0 Å². The van der Waals surface area contributed by atoms with Crippen molar-refractivity contribution in [1.82, 2.24) is 0 Å². The normalized spacial score (nSPS) is 10.1. The summed E-state index contributed by atoms with van der Waals surface area (Å²) in [4.78, 5) is 11.7. The molecule has 0 radical (unpaired) electrons. The first-order chi connectivity index (χ1) is 7.04. The van der Waals surface area contributed by atoms with E-state index in [-0.39, 0.29) is 12.2 Å². The van der Waals surface area contributed by atoms with Crippen molar-refractivity contribution in [2.75, 3.05) is 6.26 Å². The number of thioether (sulfide) groups is 1. The van der Waals surface area contributed by atoms with E-state index in [4.69, 9.17) is 35.4 Å². The Morgan fingerprint density at radius 3 is 2.73 bits per heavy atom. The maximum atomic E-state index is 11.7. The maximum Gasteiger partial charge on any atom is 0.170 e. The molecule has 0 bridgehead atoms. The Kier molecular flexibility index (Phi) is 5.06. The van der Waals surface area contributed by atoms with E-state index >= 15 is 0 Å². The van der Waals surface area contributed by atoms with Crippen LogP contribution in [0.4, 0.5) is 0 Å². The van der Waals surface area contributed by atoms with Gasteiger partial charge in [0.1, 0.15) is 0 Å². The largest absolute Gasteiger partial charge is 0.294 e. The highest BCUT2D eigenvalue weighted by molar-refractivity contribution is 8.22. The van der Waals surface area contributed by atoms with Gasteiger partial charge in [-0.05, 0) is 24.5 Å². The molecule has 1 nitrogen and oxygen atoms in total. The Labute approximate surface area is 108 Å². The lowest BCUT2D eigenvalue weighted by molar-refractivity contribution is 0.100. The van der Waals surface area contributed by atoms with Crippen LogP contribution in [-0.2, 0) is 0 Å². The molecule has 0 unspecified atom stereocenters. The third-order valence-electron chi connectivity index (χ3n) is 1.76. The smallest absolute Gasteiger partial charge is 0.170 e. The third kappa shape index (κ3) is 3.76. The number of ketones is 1. The van der Waals surface area contributed by atoms with Crippen molar-refractivity contribution < 1.29 is 4.79 Å². The van der Waals surface area contributed by atoms with E-state index < -0.39 is 0 Å². The molecule has 0 amide bonds. The summed E-state index contributed by atoms with van der Waals surface area (Å²) < 4.78 is 0.649. The topological polar surface area (TPSA) is 17.1 Å². The Bertz CT molecular complexity index is 404. The predicted octanol–water partition coefficient (Wildman–Crippen LogP) is 4.26. The summed E-state index contributed by atoms with van der Waals surface area (Å²) in [5, 5.41) is 0.908. The van der Waals surface area contributed by atoms with E-state index in [9.17, 15) is 4.79 Å². The second-order valence-electron chi connectivity index (χ2n) is 2.80. The van der Waals surface area contributed by atoms with E-state index in [1.807, 2.05) is 6.26 Å². The number of benzene rings is 1. The van der Waals surface area contributed by atoms with Crippen LogP contribution in [0.15, 0.2) is 18.2 Å². The van der Waals surface area contributed by atoms with Crippen molar-refractivity contribution in [2.24, 2.45) is 0 Å². The Morgan fingerprint density at radius 1 is 1.47 bits per heavy atom. The molecule has 0 aliphatic heterocycles. The fourth-order valence-corrected chi connectivity index (χ4v) is 1.81. The van der Waals surface area contributed by atoms with Crippen LogP contribution in [0, 0.1) is 0 Å². The van der Waals surface area contributed by atoms with Crippen LogP contribution < -0.4 is 0 Å². The van der Waals surface area contributed by atoms with Gasteiger partial charge in [0, 0.05) is 10.6 Å². The molecule has 0 N–H and O–H groups in total. The minimum Gasteiger partial charge on any atom is -0.294 e. The standard InChI is InChI=1S/C10H8Cl2OS2/c1-15-10(14)5-9(13)7-4-6(11)2-3-8(7)12/h2-4H,5H2,1H3. The molecule has 0 atom stereocenters. The second kappa shape index (κ2) is 5.85. The SMILES string of the molecule is CSC(=S)CC(=O)c1cc(Cl)ccc1Cl. The van der Waals surface area contributed by atoms with Gasteiger partial charge < -0.3 is 0 Å². The lowest BCUT2D eigenvalue weighted by atomic mass is 10.1. The molecule has 0 aromatic heterocycles. The Morgan fingerprint density at radius 2 is 2.13 bits per heavy atom. The van der Waals surface area contributed by atoms with E-state index in [1.54, 1.807) is 18.2 Å². The highest BCUT2D eigenvalue weighted by atomic mass is 35.5. The minimum atomic E-state index is -0.0955. The number of Topliss-reactive ketones (excluding diaryl/α,β-unsaturated/α-hetero) is 1. The van der Waals surface area contributed by atoms with Crippen LogP contribution >= 0.6 is 47.2 Å². The molecule has 80 valence electrons. The van der Waals surface area contributed by atoms with Gasteiger partial charge in [-0.2, -0.15) is 0 Å². The van der Waals surface area contributed by atoms with Gasteiger partial charge in [-0.25, -0.2) is 0 Å². The predicted molar refractivity (Wildman–Crippen MR) is 71.5 cm³/mol. The summed E-state index contributed by atoms with van der Waals surface area (Å²) >= 11 is 18.0. The first kappa shape index (κ1) is 13.0. The first-order valence-corrected chi connectivity index (χ1v) is 6.48. The van der Waals surface area contributed by atoms with Crippen LogP contribution in [0.3, 0.4) is 0 Å². The molecule has 0 fully saturated rings. The zero-order valence-electron chi connectivity index (χ0n) is 7.92. The van der Waals surface area contributed by atoms with Gasteiger partial charge in [-0.15, -0.1) is 11.8 Å². The van der Waals surface area contributed by atoms with Gasteiger partial charge in [0.25, 0.3) is 0 Å². The van der Waals surface area contributed by atoms with E-state index in [0.29, 0.717) is 19.8 Å². The summed E-state index contributed by atoms with van der Waals surface area (Å²) in [6, 6.07) is 4.82. The number of carbonyl (C=O) groups is 1. The van der Waals surface area contributed by atoms with Crippen molar-refractivity contribution in [1.29, 1.82) is 0 Å². The van der Waals surface area contributed by atoms with Crippen LogP contribution in [0.1, 0.15) is 16.8 Å². The molecule has 0 spiro atoms. The van der Waals surface area contributed by atoms with Gasteiger partial charge in [0.2, 0.25) is 0 Å². The van der Waals surface area contributed by atoms with Crippen LogP contribution in [-0.4, -0.2) is 16.2 Å². The van der Waals surface area contributed by atoms with Gasteiger partial charge in [0.05, 0.1) is 15.6 Å². The molecule has 1 aromatic rings. The number of halogens is 2. The summed E-state index contributed by atoms with van der Waals surface area (Å²) in [6.07, 6.45) is 2.06. The van der Waals surface area contributed by atoms with Crippen LogP contribution in [0.5, 0.6) is 0 Å². The fourth-order valence-electron chi connectivity index (χ4n) is 1.01. The molecule has 0 aliphatic rings. The van der Waals surface area contributed by atoms with Crippen molar-refractivity contribution in [3.8, 4) is 0 Å². The molecule has 1 rings (SSSR count). The lowest BCUT2D eigenvalue weighted by Gasteiger charge is -2.03. The number of carbonyl (C=O) groups excluding carboxylic acids is 1. The summed E-state index contributed by atoms with van der Waals surface area (Å²) in [5.41, 5.74) is 0.431. The third-order valence-corrected chi connectivity index (χ3v) is 3.57. The highest BCUT2D eigenvalue weighted by Crippen LogP contribution is 2.22. The molecule has 0 saturated carbocycles.